The highest BCUT2D eigenvalue weighted by Gasteiger charge is 2.16. The van der Waals surface area contributed by atoms with Crippen LogP contribution in [0.2, 0.25) is 0 Å². The summed E-state index contributed by atoms with van der Waals surface area (Å²) in [5, 5.41) is 3.26. The minimum Gasteiger partial charge on any atom is -0.481 e. The zero-order chi connectivity index (χ0) is 13.5. The Morgan fingerprint density at radius 2 is 2.17 bits per heavy atom. The quantitative estimate of drug-likeness (QED) is 0.834. The molecule has 1 amide bonds. The molecular weight excluding hydrogens is 228 g/mol. The Labute approximate surface area is 109 Å². The summed E-state index contributed by atoms with van der Waals surface area (Å²) >= 11 is 0. The number of amides is 1. The molecule has 0 saturated heterocycles. The van der Waals surface area contributed by atoms with Gasteiger partial charge in [-0.25, -0.2) is 0 Å². The summed E-state index contributed by atoms with van der Waals surface area (Å²) in [7, 11) is 3.45. The minimum absolute atomic E-state index is 0.0351. The standard InChI is InChI=1S/C14H22N2O2/c1-5-15-10-12-7-6-8-13(9-12)18-11(2)14(17)16(3)4/h6-9,11,15H,5,10H2,1-4H3. The molecule has 18 heavy (non-hydrogen) atoms. The molecule has 0 fully saturated rings. The Kier molecular flexibility index (Phi) is 5.65. The van der Waals surface area contributed by atoms with Gasteiger partial charge in [0.1, 0.15) is 5.75 Å². The highest BCUT2D eigenvalue weighted by molar-refractivity contribution is 5.80. The molecule has 4 heteroatoms. The molecule has 0 aliphatic heterocycles. The lowest BCUT2D eigenvalue weighted by atomic mass is 10.2. The molecule has 0 aliphatic rings. The monoisotopic (exact) mass is 250 g/mol. The van der Waals surface area contributed by atoms with Crippen LogP contribution in [0.15, 0.2) is 24.3 Å². The zero-order valence-corrected chi connectivity index (χ0v) is 11.6. The lowest BCUT2D eigenvalue weighted by molar-refractivity contribution is -0.135. The first-order valence-electron chi connectivity index (χ1n) is 6.22. The Morgan fingerprint density at radius 1 is 1.44 bits per heavy atom. The van der Waals surface area contributed by atoms with Crippen LogP contribution in [-0.2, 0) is 11.3 Å². The van der Waals surface area contributed by atoms with E-state index >= 15 is 0 Å². The molecule has 1 aromatic carbocycles. The molecule has 100 valence electrons. The molecule has 1 aromatic rings. The number of likely N-dealkylation sites (N-methyl/N-ethyl adjacent to an activating group) is 1. The van der Waals surface area contributed by atoms with Crippen LogP contribution in [0.4, 0.5) is 0 Å². The normalized spacial score (nSPS) is 12.0. The van der Waals surface area contributed by atoms with E-state index < -0.39 is 6.10 Å². The van der Waals surface area contributed by atoms with Gasteiger partial charge in [0.2, 0.25) is 0 Å². The third kappa shape index (κ3) is 4.37. The van der Waals surface area contributed by atoms with E-state index in [0.29, 0.717) is 0 Å². The van der Waals surface area contributed by atoms with Gasteiger partial charge in [-0.05, 0) is 31.2 Å². The smallest absolute Gasteiger partial charge is 0.262 e. The second-order valence-electron chi connectivity index (χ2n) is 4.42. The average Bonchev–Trinajstić information content (AvgIpc) is 2.35. The second kappa shape index (κ2) is 7.01. The van der Waals surface area contributed by atoms with Gasteiger partial charge in [-0.15, -0.1) is 0 Å². The van der Waals surface area contributed by atoms with Crippen molar-refractivity contribution in [2.45, 2.75) is 26.5 Å². The molecular formula is C14H22N2O2. The molecule has 4 nitrogen and oxygen atoms in total. The molecule has 1 atom stereocenters. The SMILES string of the molecule is CCNCc1cccc(OC(C)C(=O)N(C)C)c1. The van der Waals surface area contributed by atoms with Crippen molar-refractivity contribution in [1.82, 2.24) is 10.2 Å². The Balaban J connectivity index is 2.64. The van der Waals surface area contributed by atoms with Crippen LogP contribution in [-0.4, -0.2) is 37.6 Å². The van der Waals surface area contributed by atoms with E-state index in [4.69, 9.17) is 4.74 Å². The van der Waals surface area contributed by atoms with Gasteiger partial charge in [-0.1, -0.05) is 19.1 Å². The highest BCUT2D eigenvalue weighted by atomic mass is 16.5. The summed E-state index contributed by atoms with van der Waals surface area (Å²) in [6.45, 7) is 5.57. The van der Waals surface area contributed by atoms with Gasteiger partial charge < -0.3 is 15.0 Å². The predicted molar refractivity (Wildman–Crippen MR) is 72.6 cm³/mol. The number of carbonyl (C=O) groups excluding carboxylic acids is 1. The van der Waals surface area contributed by atoms with Crippen LogP contribution in [0.25, 0.3) is 0 Å². The van der Waals surface area contributed by atoms with E-state index in [1.54, 1.807) is 21.0 Å². The van der Waals surface area contributed by atoms with Gasteiger partial charge in [-0.3, -0.25) is 4.79 Å². The highest BCUT2D eigenvalue weighted by Crippen LogP contribution is 2.15. The van der Waals surface area contributed by atoms with E-state index in [-0.39, 0.29) is 5.91 Å². The first-order valence-corrected chi connectivity index (χ1v) is 6.22. The van der Waals surface area contributed by atoms with Gasteiger partial charge in [0.25, 0.3) is 5.91 Å². The van der Waals surface area contributed by atoms with Crippen molar-refractivity contribution in [2.24, 2.45) is 0 Å². The summed E-state index contributed by atoms with van der Waals surface area (Å²) in [6, 6.07) is 7.81. The third-order valence-electron chi connectivity index (χ3n) is 2.58. The molecule has 0 spiro atoms. The zero-order valence-electron chi connectivity index (χ0n) is 11.6. The largest absolute Gasteiger partial charge is 0.481 e. The Morgan fingerprint density at radius 3 is 2.78 bits per heavy atom. The topological polar surface area (TPSA) is 41.6 Å². The summed E-state index contributed by atoms with van der Waals surface area (Å²) < 4.78 is 5.64. The molecule has 1 rings (SSSR count). The van der Waals surface area contributed by atoms with Gasteiger partial charge >= 0.3 is 0 Å². The fourth-order valence-electron chi connectivity index (χ4n) is 1.62. The van der Waals surface area contributed by atoms with Crippen molar-refractivity contribution in [3.05, 3.63) is 29.8 Å². The molecule has 0 radical (unpaired) electrons. The number of nitrogens with zero attached hydrogens (tertiary/aromatic N) is 1. The van der Waals surface area contributed by atoms with Gasteiger partial charge in [0, 0.05) is 20.6 Å². The number of hydrogen-bond donors (Lipinski definition) is 1. The minimum atomic E-state index is -0.464. The van der Waals surface area contributed by atoms with Crippen molar-refractivity contribution in [2.75, 3.05) is 20.6 Å². The van der Waals surface area contributed by atoms with Crippen LogP contribution >= 0.6 is 0 Å². The lowest BCUT2D eigenvalue weighted by Crippen LogP contribution is -2.35. The Hall–Kier alpha value is -1.55. The predicted octanol–water partition coefficient (Wildman–Crippen LogP) is 1.65. The maximum Gasteiger partial charge on any atom is 0.262 e. The third-order valence-corrected chi connectivity index (χ3v) is 2.58. The molecule has 0 bridgehead atoms. The van der Waals surface area contributed by atoms with E-state index in [1.807, 2.05) is 24.3 Å². The maximum absolute atomic E-state index is 11.7. The summed E-state index contributed by atoms with van der Waals surface area (Å²) in [6.07, 6.45) is -0.464. The van der Waals surface area contributed by atoms with E-state index in [9.17, 15) is 4.79 Å². The Bertz CT molecular complexity index is 391. The molecule has 1 unspecified atom stereocenters. The fraction of sp³-hybridized carbons (Fsp3) is 0.500. The number of rotatable bonds is 6. The number of ether oxygens (including phenoxy) is 1. The first kappa shape index (κ1) is 14.5. The van der Waals surface area contributed by atoms with Crippen molar-refractivity contribution in [3.8, 4) is 5.75 Å². The van der Waals surface area contributed by atoms with Gasteiger partial charge in [0.15, 0.2) is 6.10 Å². The van der Waals surface area contributed by atoms with Crippen LogP contribution in [0.1, 0.15) is 19.4 Å². The lowest BCUT2D eigenvalue weighted by Gasteiger charge is -2.18. The van der Waals surface area contributed by atoms with Crippen molar-refractivity contribution >= 4 is 5.91 Å². The van der Waals surface area contributed by atoms with Crippen molar-refractivity contribution in [3.63, 3.8) is 0 Å². The summed E-state index contributed by atoms with van der Waals surface area (Å²) in [5.74, 6) is 0.695. The first-order chi connectivity index (χ1) is 8.54. The van der Waals surface area contributed by atoms with Crippen LogP contribution in [0, 0.1) is 0 Å². The summed E-state index contributed by atoms with van der Waals surface area (Å²) in [5.41, 5.74) is 1.15. The fourth-order valence-corrected chi connectivity index (χ4v) is 1.62. The molecule has 0 saturated carbocycles. The van der Waals surface area contributed by atoms with Gasteiger partial charge in [0.05, 0.1) is 0 Å². The van der Waals surface area contributed by atoms with E-state index in [0.717, 1.165) is 24.4 Å². The molecule has 0 heterocycles. The molecule has 0 aliphatic carbocycles. The number of nitrogens with one attached hydrogen (secondary N) is 1. The van der Waals surface area contributed by atoms with E-state index in [2.05, 4.69) is 12.2 Å². The average molecular weight is 250 g/mol. The van der Waals surface area contributed by atoms with Crippen LogP contribution in [0.3, 0.4) is 0 Å². The van der Waals surface area contributed by atoms with E-state index in [1.165, 1.54) is 4.90 Å². The van der Waals surface area contributed by atoms with Crippen LogP contribution < -0.4 is 10.1 Å². The maximum atomic E-state index is 11.7. The van der Waals surface area contributed by atoms with Crippen LogP contribution in [0.5, 0.6) is 5.75 Å². The van der Waals surface area contributed by atoms with Gasteiger partial charge in [-0.2, -0.15) is 0 Å². The summed E-state index contributed by atoms with van der Waals surface area (Å²) in [4.78, 5) is 13.2. The van der Waals surface area contributed by atoms with Crippen molar-refractivity contribution in [1.29, 1.82) is 0 Å². The second-order valence-corrected chi connectivity index (χ2v) is 4.42. The number of benzene rings is 1. The number of hydrogen-bond acceptors (Lipinski definition) is 3. The van der Waals surface area contributed by atoms with Crippen molar-refractivity contribution < 1.29 is 9.53 Å². The molecule has 1 N–H and O–H groups in total. The molecule has 0 aromatic heterocycles. The number of carbonyl (C=O) groups is 1.